The summed E-state index contributed by atoms with van der Waals surface area (Å²) in [7, 11) is 1.31. The number of fused-ring (bicyclic) bond motifs is 1. The molecule has 0 bridgehead atoms. The molecule has 0 fully saturated rings. The molecule has 0 atom stereocenters. The van der Waals surface area contributed by atoms with Gasteiger partial charge in [-0.05, 0) is 36.4 Å². The molecule has 1 amide bonds. The van der Waals surface area contributed by atoms with Crippen LogP contribution in [0.3, 0.4) is 0 Å². The molecule has 0 saturated carbocycles. The number of aromatic nitrogens is 1. The molecule has 0 aliphatic rings. The van der Waals surface area contributed by atoms with Crippen molar-refractivity contribution in [1.82, 2.24) is 4.98 Å². The van der Waals surface area contributed by atoms with Gasteiger partial charge in [-0.3, -0.25) is 4.79 Å². The fraction of sp³-hybridized carbons (Fsp3) is 0.0500. The van der Waals surface area contributed by atoms with E-state index in [1.165, 1.54) is 18.4 Å². The number of thiophene rings is 1. The van der Waals surface area contributed by atoms with Crippen LogP contribution in [0.2, 0.25) is 0 Å². The number of rotatable bonds is 4. The molecule has 0 unspecified atom stereocenters. The van der Waals surface area contributed by atoms with Crippen LogP contribution in [0.15, 0.2) is 60.7 Å². The maximum absolute atomic E-state index is 12.6. The lowest BCUT2D eigenvalue weighted by Gasteiger charge is -2.08. The fourth-order valence-electron chi connectivity index (χ4n) is 2.62. The van der Waals surface area contributed by atoms with Crippen molar-refractivity contribution in [3.63, 3.8) is 0 Å². The van der Waals surface area contributed by atoms with Crippen molar-refractivity contribution >= 4 is 50.5 Å². The van der Waals surface area contributed by atoms with Crippen molar-refractivity contribution in [1.29, 1.82) is 0 Å². The summed E-state index contributed by atoms with van der Waals surface area (Å²) in [6.45, 7) is 0. The number of esters is 1. The molecule has 5 nitrogen and oxygen atoms in total. The Morgan fingerprint density at radius 1 is 0.963 bits per heavy atom. The molecule has 0 saturated heterocycles. The highest BCUT2D eigenvalue weighted by Gasteiger charge is 2.17. The summed E-state index contributed by atoms with van der Waals surface area (Å²) >= 11 is 2.96. The number of hydrogen-bond donors (Lipinski definition) is 1. The predicted octanol–water partition coefficient (Wildman–Crippen LogP) is 5.06. The van der Waals surface area contributed by atoms with Gasteiger partial charge in [-0.2, -0.15) is 0 Å². The molecule has 2 aromatic carbocycles. The molecule has 4 rings (SSSR count). The summed E-state index contributed by atoms with van der Waals surface area (Å²) < 4.78 is 5.87. The Balaban J connectivity index is 1.58. The highest BCUT2D eigenvalue weighted by molar-refractivity contribution is 7.26. The largest absolute Gasteiger partial charge is 0.465 e. The molecule has 4 aromatic rings. The summed E-state index contributed by atoms with van der Waals surface area (Å²) in [5, 5.41) is 3.67. The Kier molecular flexibility index (Phi) is 4.70. The number of carbonyl (C=O) groups excluding carboxylic acids is 2. The average molecular weight is 394 g/mol. The highest BCUT2D eigenvalue weighted by Crippen LogP contribution is 2.34. The second kappa shape index (κ2) is 7.30. The third-order valence-corrected chi connectivity index (χ3v) is 6.20. The first kappa shape index (κ1) is 17.4. The molecule has 0 aliphatic carbocycles. The smallest absolute Gasteiger partial charge is 0.339 e. The number of carbonyl (C=O) groups is 2. The van der Waals surface area contributed by atoms with E-state index in [9.17, 15) is 9.59 Å². The van der Waals surface area contributed by atoms with Crippen LogP contribution < -0.4 is 5.32 Å². The van der Waals surface area contributed by atoms with E-state index < -0.39 is 5.97 Å². The second-order valence-corrected chi connectivity index (χ2v) is 7.76. The van der Waals surface area contributed by atoms with Crippen LogP contribution in [0.4, 0.5) is 5.69 Å². The lowest BCUT2D eigenvalue weighted by Crippen LogP contribution is -2.14. The number of amides is 1. The maximum Gasteiger partial charge on any atom is 0.339 e. The Morgan fingerprint density at radius 2 is 1.74 bits per heavy atom. The minimum atomic E-state index is -0.493. The van der Waals surface area contributed by atoms with Gasteiger partial charge in [0.25, 0.3) is 5.91 Å². The zero-order valence-corrected chi connectivity index (χ0v) is 15.9. The van der Waals surface area contributed by atoms with Gasteiger partial charge in [0.1, 0.15) is 5.01 Å². The van der Waals surface area contributed by atoms with E-state index in [0.29, 0.717) is 16.1 Å². The van der Waals surface area contributed by atoms with E-state index in [0.717, 1.165) is 20.1 Å². The highest BCUT2D eigenvalue weighted by atomic mass is 32.1. The number of anilines is 1. The maximum atomic E-state index is 12.6. The number of nitrogens with one attached hydrogen (secondary N) is 1. The van der Waals surface area contributed by atoms with E-state index in [4.69, 9.17) is 4.74 Å². The lowest BCUT2D eigenvalue weighted by atomic mass is 10.2. The van der Waals surface area contributed by atoms with Gasteiger partial charge in [-0.15, -0.1) is 22.7 Å². The first-order valence-electron chi connectivity index (χ1n) is 8.10. The molecule has 0 radical (unpaired) electrons. The molecule has 134 valence electrons. The van der Waals surface area contributed by atoms with Gasteiger partial charge in [0.15, 0.2) is 0 Å². The summed E-state index contributed by atoms with van der Waals surface area (Å²) in [4.78, 5) is 30.6. The van der Waals surface area contributed by atoms with Gasteiger partial charge >= 0.3 is 5.97 Å². The molecule has 2 heterocycles. The van der Waals surface area contributed by atoms with Gasteiger partial charge in [0, 0.05) is 0 Å². The number of benzene rings is 2. The number of thiazole rings is 1. The summed E-state index contributed by atoms with van der Waals surface area (Å²) in [5.74, 6) is -0.768. The Labute approximate surface area is 163 Å². The van der Waals surface area contributed by atoms with Crippen LogP contribution in [0.1, 0.15) is 20.0 Å². The molecular weight excluding hydrogens is 380 g/mol. The third kappa shape index (κ3) is 3.47. The minimum absolute atomic E-state index is 0.274. The van der Waals surface area contributed by atoms with Crippen LogP contribution in [0, 0.1) is 0 Å². The van der Waals surface area contributed by atoms with Gasteiger partial charge in [-0.1, -0.05) is 24.3 Å². The van der Waals surface area contributed by atoms with Gasteiger partial charge in [-0.25, -0.2) is 9.78 Å². The predicted molar refractivity (Wildman–Crippen MR) is 109 cm³/mol. The van der Waals surface area contributed by atoms with Crippen molar-refractivity contribution in [2.75, 3.05) is 12.4 Å². The SMILES string of the molecule is COC(=O)c1ccccc1NC(=O)c1ccc(-c2nc3ccccc3s2)s1. The van der Waals surface area contributed by atoms with Crippen LogP contribution in [-0.4, -0.2) is 24.0 Å². The Morgan fingerprint density at radius 3 is 2.56 bits per heavy atom. The molecule has 1 N–H and O–H groups in total. The van der Waals surface area contributed by atoms with Crippen LogP contribution in [0.25, 0.3) is 20.1 Å². The number of methoxy groups -OCH3 is 1. The molecular formula is C20H14N2O3S2. The van der Waals surface area contributed by atoms with Crippen molar-refractivity contribution in [3.8, 4) is 9.88 Å². The summed E-state index contributed by atoms with van der Waals surface area (Å²) in [6.07, 6.45) is 0. The lowest BCUT2D eigenvalue weighted by molar-refractivity contribution is 0.0602. The Hall–Kier alpha value is -3.03. The van der Waals surface area contributed by atoms with Crippen LogP contribution in [0.5, 0.6) is 0 Å². The van der Waals surface area contributed by atoms with E-state index in [1.807, 2.05) is 30.3 Å². The number of nitrogens with zero attached hydrogens (tertiary/aromatic N) is 1. The molecule has 27 heavy (non-hydrogen) atoms. The van der Waals surface area contributed by atoms with E-state index in [1.54, 1.807) is 41.7 Å². The quantitative estimate of drug-likeness (QED) is 0.491. The van der Waals surface area contributed by atoms with Crippen molar-refractivity contribution < 1.29 is 14.3 Å². The zero-order valence-electron chi connectivity index (χ0n) is 14.3. The standard InChI is InChI=1S/C20H14N2O3S2/c1-25-20(24)12-6-2-3-7-13(12)21-18(23)16-10-11-17(26-16)19-22-14-8-4-5-9-15(14)27-19/h2-11H,1H3,(H,21,23). The van der Waals surface area contributed by atoms with Gasteiger partial charge in [0.2, 0.25) is 0 Å². The second-order valence-electron chi connectivity index (χ2n) is 5.64. The Bertz CT molecular complexity index is 1110. The topological polar surface area (TPSA) is 68.3 Å². The normalized spacial score (nSPS) is 10.7. The zero-order chi connectivity index (χ0) is 18.8. The third-order valence-electron chi connectivity index (χ3n) is 3.92. The summed E-state index contributed by atoms with van der Waals surface area (Å²) in [5.41, 5.74) is 1.68. The number of ether oxygens (including phenoxy) is 1. The number of para-hydroxylation sites is 2. The first-order chi connectivity index (χ1) is 13.2. The van der Waals surface area contributed by atoms with Crippen molar-refractivity contribution in [2.45, 2.75) is 0 Å². The fourth-order valence-corrected chi connectivity index (χ4v) is 4.54. The molecule has 0 spiro atoms. The number of hydrogen-bond acceptors (Lipinski definition) is 6. The van der Waals surface area contributed by atoms with Gasteiger partial charge < -0.3 is 10.1 Å². The van der Waals surface area contributed by atoms with E-state index in [2.05, 4.69) is 10.3 Å². The first-order valence-corrected chi connectivity index (χ1v) is 9.73. The summed E-state index contributed by atoms with van der Waals surface area (Å²) in [6, 6.07) is 18.4. The molecule has 2 aromatic heterocycles. The molecule has 7 heteroatoms. The monoisotopic (exact) mass is 394 g/mol. The van der Waals surface area contributed by atoms with E-state index in [-0.39, 0.29) is 5.91 Å². The van der Waals surface area contributed by atoms with Crippen LogP contribution in [-0.2, 0) is 4.74 Å². The van der Waals surface area contributed by atoms with Gasteiger partial charge in [0.05, 0.1) is 38.3 Å². The average Bonchev–Trinajstić information content (AvgIpc) is 3.34. The van der Waals surface area contributed by atoms with E-state index >= 15 is 0 Å². The molecule has 0 aliphatic heterocycles. The van der Waals surface area contributed by atoms with Crippen molar-refractivity contribution in [2.24, 2.45) is 0 Å². The minimum Gasteiger partial charge on any atom is -0.465 e. The van der Waals surface area contributed by atoms with Crippen molar-refractivity contribution in [3.05, 3.63) is 71.1 Å². The van der Waals surface area contributed by atoms with Crippen LogP contribution >= 0.6 is 22.7 Å².